The van der Waals surface area contributed by atoms with Crippen LogP contribution in [-0.4, -0.2) is 48.4 Å². The Morgan fingerprint density at radius 3 is 2.28 bits per heavy atom. The van der Waals surface area contributed by atoms with Gasteiger partial charge in [-0.3, -0.25) is 0 Å². The monoisotopic (exact) mass is 396 g/mol. The molecular formula is C20H21FN6O2. The molecule has 1 saturated heterocycles. The van der Waals surface area contributed by atoms with E-state index >= 15 is 0 Å². The van der Waals surface area contributed by atoms with Gasteiger partial charge in [0.15, 0.2) is 0 Å². The second-order valence-corrected chi connectivity index (χ2v) is 6.37. The van der Waals surface area contributed by atoms with Crippen LogP contribution in [-0.2, 0) is 4.74 Å². The van der Waals surface area contributed by atoms with Gasteiger partial charge in [0, 0.05) is 24.5 Å². The molecule has 0 bridgehead atoms. The van der Waals surface area contributed by atoms with E-state index in [1.54, 1.807) is 19.2 Å². The van der Waals surface area contributed by atoms with Crippen LogP contribution >= 0.6 is 0 Å². The smallest absolute Gasteiger partial charge is 0.233 e. The number of nitrogens with zero attached hydrogens (tertiary/aromatic N) is 4. The van der Waals surface area contributed by atoms with Crippen LogP contribution in [0.15, 0.2) is 48.5 Å². The van der Waals surface area contributed by atoms with Gasteiger partial charge in [0.05, 0.1) is 20.3 Å². The number of methoxy groups -OCH3 is 1. The minimum absolute atomic E-state index is 0.322. The largest absolute Gasteiger partial charge is 0.497 e. The van der Waals surface area contributed by atoms with E-state index < -0.39 is 0 Å². The average Bonchev–Trinajstić information content (AvgIpc) is 2.75. The Kier molecular flexibility index (Phi) is 5.66. The number of ether oxygens (including phenoxy) is 2. The summed E-state index contributed by atoms with van der Waals surface area (Å²) in [6, 6.07) is 13.6. The number of benzene rings is 2. The first-order valence-corrected chi connectivity index (χ1v) is 9.22. The molecule has 2 heterocycles. The van der Waals surface area contributed by atoms with Crippen LogP contribution in [0.2, 0.25) is 0 Å². The van der Waals surface area contributed by atoms with E-state index in [1.807, 2.05) is 29.2 Å². The van der Waals surface area contributed by atoms with E-state index in [9.17, 15) is 4.39 Å². The minimum Gasteiger partial charge on any atom is -0.497 e. The third-order valence-corrected chi connectivity index (χ3v) is 4.34. The fourth-order valence-corrected chi connectivity index (χ4v) is 2.88. The molecule has 4 rings (SSSR count). The van der Waals surface area contributed by atoms with Crippen molar-refractivity contribution in [3.05, 3.63) is 54.3 Å². The molecule has 0 spiro atoms. The maximum Gasteiger partial charge on any atom is 0.233 e. The standard InChI is InChI=1S/C20H21FN6O2/c1-28-17-7-5-15(6-8-17)22-18-24-19(23-16-4-2-3-14(21)13-16)26-20(25-18)27-9-11-29-12-10-27/h2-8,13H,9-12H2,1H3,(H2,22,23,24,25,26). The van der Waals surface area contributed by atoms with Gasteiger partial charge in [-0.1, -0.05) is 6.07 Å². The number of hydrogen-bond donors (Lipinski definition) is 2. The summed E-state index contributed by atoms with van der Waals surface area (Å²) < 4.78 is 24.1. The van der Waals surface area contributed by atoms with Gasteiger partial charge in [0.1, 0.15) is 11.6 Å². The van der Waals surface area contributed by atoms with Crippen molar-refractivity contribution >= 4 is 29.2 Å². The van der Waals surface area contributed by atoms with Crippen LogP contribution in [0.25, 0.3) is 0 Å². The van der Waals surface area contributed by atoms with Gasteiger partial charge in [-0.25, -0.2) is 4.39 Å². The Morgan fingerprint density at radius 2 is 1.62 bits per heavy atom. The molecule has 0 saturated carbocycles. The van der Waals surface area contributed by atoms with Crippen molar-refractivity contribution in [2.75, 3.05) is 48.9 Å². The molecule has 3 aromatic rings. The molecule has 2 aromatic carbocycles. The highest BCUT2D eigenvalue weighted by Gasteiger charge is 2.17. The molecule has 0 amide bonds. The Morgan fingerprint density at radius 1 is 0.931 bits per heavy atom. The zero-order valence-electron chi connectivity index (χ0n) is 15.9. The fraction of sp³-hybridized carbons (Fsp3) is 0.250. The fourth-order valence-electron chi connectivity index (χ4n) is 2.88. The number of anilines is 5. The van der Waals surface area contributed by atoms with E-state index in [-0.39, 0.29) is 5.82 Å². The lowest BCUT2D eigenvalue weighted by atomic mass is 10.3. The molecule has 0 aliphatic carbocycles. The lowest BCUT2D eigenvalue weighted by Crippen LogP contribution is -2.37. The average molecular weight is 396 g/mol. The lowest BCUT2D eigenvalue weighted by molar-refractivity contribution is 0.122. The van der Waals surface area contributed by atoms with Gasteiger partial charge in [-0.2, -0.15) is 15.0 Å². The summed E-state index contributed by atoms with van der Waals surface area (Å²) in [7, 11) is 1.62. The minimum atomic E-state index is -0.339. The number of rotatable bonds is 6. The second-order valence-electron chi connectivity index (χ2n) is 6.37. The van der Waals surface area contributed by atoms with Gasteiger partial charge >= 0.3 is 0 Å². The molecule has 1 aliphatic rings. The third-order valence-electron chi connectivity index (χ3n) is 4.34. The predicted octanol–water partition coefficient (Wildman–Crippen LogP) is 3.34. The predicted molar refractivity (Wildman–Crippen MR) is 109 cm³/mol. The molecule has 1 aromatic heterocycles. The molecule has 0 unspecified atom stereocenters. The summed E-state index contributed by atoms with van der Waals surface area (Å²) in [6.07, 6.45) is 0. The van der Waals surface area contributed by atoms with Crippen molar-refractivity contribution in [3.63, 3.8) is 0 Å². The van der Waals surface area contributed by atoms with Crippen molar-refractivity contribution in [1.82, 2.24) is 15.0 Å². The summed E-state index contributed by atoms with van der Waals surface area (Å²) >= 11 is 0. The molecule has 0 radical (unpaired) electrons. The molecule has 29 heavy (non-hydrogen) atoms. The molecular weight excluding hydrogens is 375 g/mol. The quantitative estimate of drug-likeness (QED) is 0.656. The Labute approximate surface area is 167 Å². The van der Waals surface area contributed by atoms with Crippen molar-refractivity contribution in [3.8, 4) is 5.75 Å². The molecule has 9 heteroatoms. The van der Waals surface area contributed by atoms with Gasteiger partial charge in [0.25, 0.3) is 0 Å². The van der Waals surface area contributed by atoms with Gasteiger partial charge < -0.3 is 25.0 Å². The summed E-state index contributed by atoms with van der Waals surface area (Å²) in [5.74, 6) is 1.65. The molecule has 150 valence electrons. The van der Waals surface area contributed by atoms with Crippen LogP contribution in [0.3, 0.4) is 0 Å². The number of morpholine rings is 1. The molecule has 0 atom stereocenters. The van der Waals surface area contributed by atoms with Crippen molar-refractivity contribution in [1.29, 1.82) is 0 Å². The van der Waals surface area contributed by atoms with Crippen molar-refractivity contribution in [2.24, 2.45) is 0 Å². The normalized spacial score (nSPS) is 13.8. The topological polar surface area (TPSA) is 84.4 Å². The number of hydrogen-bond acceptors (Lipinski definition) is 8. The van der Waals surface area contributed by atoms with Crippen LogP contribution < -0.4 is 20.3 Å². The van der Waals surface area contributed by atoms with E-state index in [1.165, 1.54) is 12.1 Å². The molecule has 1 aliphatic heterocycles. The van der Waals surface area contributed by atoms with Crippen molar-refractivity contribution < 1.29 is 13.9 Å². The maximum atomic E-state index is 13.5. The zero-order valence-corrected chi connectivity index (χ0v) is 15.9. The van der Waals surface area contributed by atoms with Gasteiger partial charge in [-0.05, 0) is 42.5 Å². The van der Waals surface area contributed by atoms with Crippen LogP contribution in [0.1, 0.15) is 0 Å². The third kappa shape index (κ3) is 4.88. The first kappa shape index (κ1) is 18.9. The van der Waals surface area contributed by atoms with Gasteiger partial charge in [-0.15, -0.1) is 0 Å². The SMILES string of the molecule is COc1ccc(Nc2nc(Nc3cccc(F)c3)nc(N3CCOCC3)n2)cc1. The maximum absolute atomic E-state index is 13.5. The summed E-state index contributed by atoms with van der Waals surface area (Å²) in [6.45, 7) is 2.59. The zero-order chi connectivity index (χ0) is 20.1. The highest BCUT2D eigenvalue weighted by atomic mass is 19.1. The second kappa shape index (κ2) is 8.70. The van der Waals surface area contributed by atoms with Crippen LogP contribution in [0.4, 0.5) is 33.6 Å². The van der Waals surface area contributed by atoms with Crippen molar-refractivity contribution in [2.45, 2.75) is 0 Å². The van der Waals surface area contributed by atoms with E-state index in [4.69, 9.17) is 9.47 Å². The summed E-state index contributed by atoms with van der Waals surface area (Å²) in [5, 5.41) is 6.23. The van der Waals surface area contributed by atoms with E-state index in [0.29, 0.717) is 49.8 Å². The highest BCUT2D eigenvalue weighted by molar-refractivity contribution is 5.60. The summed E-state index contributed by atoms with van der Waals surface area (Å²) in [4.78, 5) is 15.5. The van der Waals surface area contributed by atoms with Gasteiger partial charge in [0.2, 0.25) is 17.8 Å². The van der Waals surface area contributed by atoms with Crippen LogP contribution in [0, 0.1) is 5.82 Å². The Bertz CT molecular complexity index is 963. The summed E-state index contributed by atoms with van der Waals surface area (Å²) in [5.41, 5.74) is 1.36. The van der Waals surface area contributed by atoms with E-state index in [2.05, 4.69) is 25.6 Å². The van der Waals surface area contributed by atoms with E-state index in [0.717, 1.165) is 11.4 Å². The highest BCUT2D eigenvalue weighted by Crippen LogP contribution is 2.22. The first-order valence-electron chi connectivity index (χ1n) is 9.22. The molecule has 2 N–H and O–H groups in total. The van der Waals surface area contributed by atoms with Crippen LogP contribution in [0.5, 0.6) is 5.75 Å². The number of halogens is 1. The molecule has 8 nitrogen and oxygen atoms in total. The lowest BCUT2D eigenvalue weighted by Gasteiger charge is -2.27. The molecule has 1 fully saturated rings. The Balaban J connectivity index is 1.63. The number of aromatic nitrogens is 3. The Hall–Kier alpha value is -3.46. The number of nitrogens with one attached hydrogen (secondary N) is 2. The first-order chi connectivity index (χ1) is 14.2.